The Bertz CT molecular complexity index is 1060. The molecule has 174 valence electrons. The van der Waals surface area contributed by atoms with Gasteiger partial charge in [-0.3, -0.25) is 9.79 Å². The lowest BCUT2D eigenvalue weighted by Gasteiger charge is -2.29. The molecule has 11 nitrogen and oxygen atoms in total. The molecule has 1 aromatic rings. The van der Waals surface area contributed by atoms with Crippen LogP contribution in [-0.4, -0.2) is 63.6 Å². The molecule has 1 amide bonds. The normalized spacial score (nSPS) is 32.1. The van der Waals surface area contributed by atoms with Crippen molar-refractivity contribution in [2.24, 2.45) is 38.5 Å². The van der Waals surface area contributed by atoms with Gasteiger partial charge >= 0.3 is 0 Å². The van der Waals surface area contributed by atoms with Crippen molar-refractivity contribution >= 4 is 29.7 Å². The zero-order valence-corrected chi connectivity index (χ0v) is 18.6. The van der Waals surface area contributed by atoms with Crippen molar-refractivity contribution in [1.29, 1.82) is 0 Å². The minimum atomic E-state index is -0.379. The lowest BCUT2D eigenvalue weighted by molar-refractivity contribution is -0.122. The van der Waals surface area contributed by atoms with Crippen molar-refractivity contribution in [3.05, 3.63) is 24.3 Å². The lowest BCUT2D eigenvalue weighted by Crippen LogP contribution is -2.55. The molecule has 0 spiro atoms. The van der Waals surface area contributed by atoms with Crippen LogP contribution in [0.15, 0.2) is 39.3 Å². The molecule has 6 unspecified atom stereocenters. The summed E-state index contributed by atoms with van der Waals surface area (Å²) in [7, 11) is 4.67. The Labute approximate surface area is 191 Å². The first kappa shape index (κ1) is 21.1. The predicted molar refractivity (Wildman–Crippen MR) is 124 cm³/mol. The third-order valence-electron chi connectivity index (χ3n) is 6.54. The third kappa shape index (κ3) is 3.62. The molecule has 2 aliphatic carbocycles. The number of carbonyl (C=O) groups excluding carboxylic acids is 1. The average molecular weight is 454 g/mol. The molecule has 1 aromatic carbocycles. The number of hydrogen-bond donors (Lipinski definition) is 4. The molecular formula is C22H27N7O4. The number of carbonyl (C=O) groups is 1. The van der Waals surface area contributed by atoms with Crippen LogP contribution in [0.1, 0.15) is 6.42 Å². The van der Waals surface area contributed by atoms with Gasteiger partial charge in [0.15, 0.2) is 17.7 Å². The number of guanidine groups is 1. The van der Waals surface area contributed by atoms with Gasteiger partial charge in [0.05, 0.1) is 39.6 Å². The molecule has 5 rings (SSSR count). The van der Waals surface area contributed by atoms with Crippen molar-refractivity contribution in [3.8, 4) is 17.2 Å². The molecule has 2 heterocycles. The SMILES string of the molecule is COc1cc(NC2=NC3N=CNC3C(=NC3C4C=CC(C4)C3C(N)=O)N2)cc(OC)c1OC. The van der Waals surface area contributed by atoms with E-state index in [4.69, 9.17) is 24.9 Å². The fourth-order valence-electron chi connectivity index (χ4n) is 5.04. The second kappa shape index (κ2) is 8.30. The van der Waals surface area contributed by atoms with Gasteiger partial charge in [-0.05, 0) is 12.3 Å². The molecule has 6 atom stereocenters. The van der Waals surface area contributed by atoms with E-state index in [1.807, 2.05) is 0 Å². The van der Waals surface area contributed by atoms with Gasteiger partial charge in [-0.25, -0.2) is 9.98 Å². The van der Waals surface area contributed by atoms with E-state index in [9.17, 15) is 4.79 Å². The number of allylic oxidation sites excluding steroid dienone is 1. The highest BCUT2D eigenvalue weighted by molar-refractivity contribution is 6.11. The summed E-state index contributed by atoms with van der Waals surface area (Å²) in [6.45, 7) is 0. The topological polar surface area (TPSA) is 144 Å². The molecule has 0 aromatic heterocycles. The van der Waals surface area contributed by atoms with Crippen LogP contribution in [0.2, 0.25) is 0 Å². The van der Waals surface area contributed by atoms with Gasteiger partial charge in [-0.1, -0.05) is 12.2 Å². The van der Waals surface area contributed by atoms with E-state index < -0.39 is 0 Å². The van der Waals surface area contributed by atoms with Gasteiger partial charge < -0.3 is 35.9 Å². The monoisotopic (exact) mass is 453 g/mol. The van der Waals surface area contributed by atoms with Crippen LogP contribution < -0.4 is 35.9 Å². The molecule has 1 fully saturated rings. The van der Waals surface area contributed by atoms with E-state index in [2.05, 4.69) is 38.1 Å². The number of anilines is 1. The summed E-state index contributed by atoms with van der Waals surface area (Å²) in [5, 5.41) is 9.73. The first-order valence-electron chi connectivity index (χ1n) is 10.8. The number of fused-ring (bicyclic) bond motifs is 3. The number of aliphatic imine (C=N–C) groups is 3. The zero-order chi connectivity index (χ0) is 23.1. The number of ether oxygens (including phenoxy) is 3. The quantitative estimate of drug-likeness (QED) is 0.459. The molecule has 2 bridgehead atoms. The highest BCUT2D eigenvalue weighted by atomic mass is 16.5. The van der Waals surface area contributed by atoms with Gasteiger partial charge in [-0.15, -0.1) is 0 Å². The molecule has 11 heteroatoms. The number of amidine groups is 1. The summed E-state index contributed by atoms with van der Waals surface area (Å²) in [6.07, 6.45) is 6.38. The standard InChI is InChI=1S/C22H27N7O4/c1-31-13-7-12(8-14(32-2)18(13)33-3)26-22-28-20-17(24-9-25-20)21(29-22)27-16-11-5-4-10(6-11)15(16)19(23)30/h4-5,7-11,15-17,20H,6H2,1-3H3,(H2,23,30)(H,24,25)(H2,26,27,28,29). The van der Waals surface area contributed by atoms with Gasteiger partial charge in [0, 0.05) is 23.7 Å². The van der Waals surface area contributed by atoms with E-state index in [0.717, 1.165) is 6.42 Å². The van der Waals surface area contributed by atoms with E-state index >= 15 is 0 Å². The number of primary amides is 1. The van der Waals surface area contributed by atoms with Gasteiger partial charge in [0.1, 0.15) is 11.9 Å². The first-order valence-corrected chi connectivity index (χ1v) is 10.8. The molecule has 1 saturated carbocycles. The second-order valence-corrected chi connectivity index (χ2v) is 8.36. The number of nitrogens with one attached hydrogen (secondary N) is 3. The highest BCUT2D eigenvalue weighted by Gasteiger charge is 2.48. The lowest BCUT2D eigenvalue weighted by atomic mass is 9.88. The third-order valence-corrected chi connectivity index (χ3v) is 6.54. The number of rotatable bonds is 6. The first-order chi connectivity index (χ1) is 16.0. The summed E-state index contributed by atoms with van der Waals surface area (Å²) < 4.78 is 16.3. The Hall–Kier alpha value is -3.76. The summed E-state index contributed by atoms with van der Waals surface area (Å²) in [5.74, 6) is 2.40. The Kier molecular flexibility index (Phi) is 5.31. The van der Waals surface area contributed by atoms with Crippen molar-refractivity contribution in [2.75, 3.05) is 26.6 Å². The van der Waals surface area contributed by atoms with Crippen LogP contribution in [0.3, 0.4) is 0 Å². The number of amides is 1. The Morgan fingerprint density at radius 2 is 1.88 bits per heavy atom. The number of nitrogens with zero attached hydrogens (tertiary/aromatic N) is 3. The van der Waals surface area contributed by atoms with E-state index in [0.29, 0.717) is 34.7 Å². The van der Waals surface area contributed by atoms with Crippen LogP contribution in [0.25, 0.3) is 0 Å². The Morgan fingerprint density at radius 3 is 2.55 bits per heavy atom. The minimum absolute atomic E-state index is 0.152. The van der Waals surface area contributed by atoms with Crippen LogP contribution in [0.4, 0.5) is 5.69 Å². The summed E-state index contributed by atoms with van der Waals surface area (Å²) in [6, 6.07) is 3.14. The smallest absolute Gasteiger partial charge is 0.223 e. The number of hydrogen-bond acceptors (Lipinski definition) is 9. The molecule has 33 heavy (non-hydrogen) atoms. The maximum atomic E-state index is 12.1. The Morgan fingerprint density at radius 1 is 1.15 bits per heavy atom. The van der Waals surface area contributed by atoms with E-state index in [-0.39, 0.29) is 41.9 Å². The zero-order valence-electron chi connectivity index (χ0n) is 18.6. The minimum Gasteiger partial charge on any atom is -0.493 e. The summed E-state index contributed by atoms with van der Waals surface area (Å²) in [5.41, 5.74) is 6.40. The predicted octanol–water partition coefficient (Wildman–Crippen LogP) is 0.484. The molecular weight excluding hydrogens is 426 g/mol. The fraction of sp³-hybridized carbons (Fsp3) is 0.455. The fourth-order valence-corrected chi connectivity index (χ4v) is 5.04. The highest BCUT2D eigenvalue weighted by Crippen LogP contribution is 2.45. The van der Waals surface area contributed by atoms with Crippen molar-refractivity contribution in [1.82, 2.24) is 10.6 Å². The van der Waals surface area contributed by atoms with Gasteiger partial charge in [0.25, 0.3) is 0 Å². The van der Waals surface area contributed by atoms with Crippen LogP contribution in [0.5, 0.6) is 17.2 Å². The van der Waals surface area contributed by atoms with Crippen LogP contribution in [-0.2, 0) is 4.79 Å². The molecule has 2 aliphatic heterocycles. The second-order valence-electron chi connectivity index (χ2n) is 8.36. The van der Waals surface area contributed by atoms with Gasteiger partial charge in [0.2, 0.25) is 17.6 Å². The van der Waals surface area contributed by atoms with Crippen molar-refractivity contribution in [2.45, 2.75) is 24.7 Å². The Balaban J connectivity index is 1.44. The van der Waals surface area contributed by atoms with Crippen molar-refractivity contribution in [3.63, 3.8) is 0 Å². The largest absolute Gasteiger partial charge is 0.493 e. The maximum absolute atomic E-state index is 12.1. The summed E-state index contributed by atoms with van der Waals surface area (Å²) >= 11 is 0. The van der Waals surface area contributed by atoms with Gasteiger partial charge in [-0.2, -0.15) is 0 Å². The molecule has 4 aliphatic rings. The number of methoxy groups -OCH3 is 3. The number of nitrogens with two attached hydrogens (primary N) is 1. The van der Waals surface area contributed by atoms with Crippen LogP contribution >= 0.6 is 0 Å². The molecule has 5 N–H and O–H groups in total. The molecule has 0 saturated heterocycles. The van der Waals surface area contributed by atoms with Crippen LogP contribution in [0, 0.1) is 17.8 Å². The summed E-state index contributed by atoms with van der Waals surface area (Å²) in [4.78, 5) is 26.2. The van der Waals surface area contributed by atoms with E-state index in [1.165, 1.54) is 0 Å². The average Bonchev–Trinajstić information content (AvgIpc) is 3.54. The molecule has 0 radical (unpaired) electrons. The van der Waals surface area contributed by atoms with Crippen molar-refractivity contribution < 1.29 is 19.0 Å². The maximum Gasteiger partial charge on any atom is 0.223 e. The number of benzene rings is 1. The van der Waals surface area contributed by atoms with E-state index in [1.54, 1.807) is 39.8 Å².